The minimum atomic E-state index is 0.354. The summed E-state index contributed by atoms with van der Waals surface area (Å²) in [6.45, 7) is 7.38. The van der Waals surface area contributed by atoms with E-state index in [9.17, 15) is 0 Å². The van der Waals surface area contributed by atoms with E-state index in [0.717, 1.165) is 30.0 Å². The molecule has 0 aliphatic heterocycles. The zero-order valence-electron chi connectivity index (χ0n) is 12.8. The van der Waals surface area contributed by atoms with Crippen molar-refractivity contribution in [3.8, 4) is 11.5 Å². The fourth-order valence-corrected chi connectivity index (χ4v) is 2.28. The summed E-state index contributed by atoms with van der Waals surface area (Å²) in [7, 11) is 0. The third-order valence-corrected chi connectivity index (χ3v) is 3.69. The third kappa shape index (κ3) is 4.48. The van der Waals surface area contributed by atoms with Crippen molar-refractivity contribution >= 4 is 11.6 Å². The molecule has 1 atom stereocenters. The van der Waals surface area contributed by atoms with Crippen LogP contribution >= 0.6 is 11.6 Å². The Morgan fingerprint density at radius 1 is 1.14 bits per heavy atom. The molecule has 0 fully saturated rings. The Hall–Kier alpha value is -1.51. The Kier molecular flexibility index (Phi) is 5.66. The molecule has 21 heavy (non-hydrogen) atoms. The number of aryl methyl sites for hydroxylation is 1. The highest BCUT2D eigenvalue weighted by Crippen LogP contribution is 2.28. The zero-order valence-corrected chi connectivity index (χ0v) is 13.6. The van der Waals surface area contributed by atoms with Gasteiger partial charge in [0.2, 0.25) is 0 Å². The van der Waals surface area contributed by atoms with Crippen molar-refractivity contribution < 1.29 is 4.74 Å². The van der Waals surface area contributed by atoms with Crippen molar-refractivity contribution in [2.45, 2.75) is 33.2 Å². The molecular formula is C18H22ClNO. The van der Waals surface area contributed by atoms with Gasteiger partial charge in [-0.05, 0) is 62.2 Å². The highest BCUT2D eigenvalue weighted by atomic mass is 35.5. The molecule has 3 heteroatoms. The SMILES string of the molecule is CCCNC(C)c1ccc(Oc2cc(Cl)ccc2C)cc1. The Labute approximate surface area is 132 Å². The van der Waals surface area contributed by atoms with Crippen molar-refractivity contribution in [3.05, 3.63) is 58.6 Å². The molecule has 1 unspecified atom stereocenters. The molecule has 0 saturated carbocycles. The molecule has 112 valence electrons. The van der Waals surface area contributed by atoms with Crippen molar-refractivity contribution in [3.63, 3.8) is 0 Å². The van der Waals surface area contributed by atoms with Crippen LogP contribution in [-0.2, 0) is 0 Å². The Morgan fingerprint density at radius 2 is 1.86 bits per heavy atom. The van der Waals surface area contributed by atoms with Crippen molar-refractivity contribution in [1.29, 1.82) is 0 Å². The first-order chi connectivity index (χ1) is 10.1. The predicted octanol–water partition coefficient (Wildman–Crippen LogP) is 5.50. The van der Waals surface area contributed by atoms with Crippen LogP contribution in [0.3, 0.4) is 0 Å². The van der Waals surface area contributed by atoms with Crippen LogP contribution in [0.25, 0.3) is 0 Å². The molecule has 2 aromatic carbocycles. The summed E-state index contributed by atoms with van der Waals surface area (Å²) < 4.78 is 5.90. The molecule has 2 nitrogen and oxygen atoms in total. The van der Waals surface area contributed by atoms with Gasteiger partial charge in [0.05, 0.1) is 0 Å². The van der Waals surface area contributed by atoms with Gasteiger partial charge in [-0.2, -0.15) is 0 Å². The molecule has 0 saturated heterocycles. The highest BCUT2D eigenvalue weighted by molar-refractivity contribution is 6.30. The second-order valence-electron chi connectivity index (χ2n) is 5.26. The molecule has 2 rings (SSSR count). The summed E-state index contributed by atoms with van der Waals surface area (Å²) in [6, 6.07) is 14.2. The molecule has 0 aromatic heterocycles. The van der Waals surface area contributed by atoms with Crippen LogP contribution in [0, 0.1) is 6.92 Å². The van der Waals surface area contributed by atoms with Crippen LogP contribution in [0.2, 0.25) is 5.02 Å². The van der Waals surface area contributed by atoms with Gasteiger partial charge in [-0.15, -0.1) is 0 Å². The summed E-state index contributed by atoms with van der Waals surface area (Å²) >= 11 is 6.01. The molecule has 0 spiro atoms. The van der Waals surface area contributed by atoms with E-state index in [-0.39, 0.29) is 0 Å². The Morgan fingerprint density at radius 3 is 2.52 bits per heavy atom. The van der Waals surface area contributed by atoms with Gasteiger partial charge in [-0.25, -0.2) is 0 Å². The largest absolute Gasteiger partial charge is 0.457 e. The van der Waals surface area contributed by atoms with Crippen molar-refractivity contribution in [1.82, 2.24) is 5.32 Å². The van der Waals surface area contributed by atoms with Crippen LogP contribution in [-0.4, -0.2) is 6.54 Å². The van der Waals surface area contributed by atoms with Crippen LogP contribution in [0.5, 0.6) is 11.5 Å². The summed E-state index contributed by atoms with van der Waals surface area (Å²) in [5.74, 6) is 1.62. The number of rotatable bonds is 6. The molecule has 0 bridgehead atoms. The van der Waals surface area contributed by atoms with Gasteiger partial charge in [0.25, 0.3) is 0 Å². The van der Waals surface area contributed by atoms with E-state index >= 15 is 0 Å². The minimum absolute atomic E-state index is 0.354. The standard InChI is InChI=1S/C18H22ClNO/c1-4-11-20-14(3)15-6-9-17(10-7-15)21-18-12-16(19)8-5-13(18)2/h5-10,12,14,20H,4,11H2,1-3H3. The maximum Gasteiger partial charge on any atom is 0.131 e. The Bertz CT molecular complexity index is 580. The number of hydrogen-bond acceptors (Lipinski definition) is 2. The number of hydrogen-bond donors (Lipinski definition) is 1. The zero-order chi connectivity index (χ0) is 15.2. The fourth-order valence-electron chi connectivity index (χ4n) is 2.11. The van der Waals surface area contributed by atoms with E-state index in [1.165, 1.54) is 5.56 Å². The molecular weight excluding hydrogens is 282 g/mol. The summed E-state index contributed by atoms with van der Waals surface area (Å²) in [5.41, 5.74) is 2.33. The topological polar surface area (TPSA) is 21.3 Å². The van der Waals surface area contributed by atoms with E-state index in [2.05, 4.69) is 31.3 Å². The van der Waals surface area contributed by atoms with E-state index in [1.54, 1.807) is 0 Å². The van der Waals surface area contributed by atoms with E-state index < -0.39 is 0 Å². The number of ether oxygens (including phenoxy) is 1. The first kappa shape index (κ1) is 15.9. The van der Waals surface area contributed by atoms with Crippen molar-refractivity contribution in [2.24, 2.45) is 0 Å². The van der Waals surface area contributed by atoms with Gasteiger partial charge < -0.3 is 10.1 Å². The molecule has 2 aromatic rings. The van der Waals surface area contributed by atoms with Gasteiger partial charge >= 0.3 is 0 Å². The molecule has 0 aliphatic carbocycles. The van der Waals surface area contributed by atoms with Crippen LogP contribution in [0.1, 0.15) is 37.4 Å². The summed E-state index contributed by atoms with van der Waals surface area (Å²) in [6.07, 6.45) is 1.14. The predicted molar refractivity (Wildman–Crippen MR) is 89.4 cm³/mol. The minimum Gasteiger partial charge on any atom is -0.457 e. The first-order valence-corrected chi connectivity index (χ1v) is 7.75. The van der Waals surface area contributed by atoms with Gasteiger partial charge in [0.1, 0.15) is 11.5 Å². The molecule has 0 amide bonds. The van der Waals surface area contributed by atoms with Crippen LogP contribution < -0.4 is 10.1 Å². The average Bonchev–Trinajstić information content (AvgIpc) is 2.49. The normalized spacial score (nSPS) is 12.2. The summed E-state index contributed by atoms with van der Waals surface area (Å²) in [4.78, 5) is 0. The molecule has 0 aliphatic rings. The smallest absolute Gasteiger partial charge is 0.131 e. The number of benzene rings is 2. The van der Waals surface area contributed by atoms with Crippen LogP contribution in [0.15, 0.2) is 42.5 Å². The monoisotopic (exact) mass is 303 g/mol. The maximum absolute atomic E-state index is 6.01. The van der Waals surface area contributed by atoms with E-state index in [4.69, 9.17) is 16.3 Å². The molecule has 0 heterocycles. The van der Waals surface area contributed by atoms with Gasteiger partial charge in [-0.1, -0.05) is 36.7 Å². The lowest BCUT2D eigenvalue weighted by Crippen LogP contribution is -2.19. The molecule has 1 N–H and O–H groups in total. The van der Waals surface area contributed by atoms with E-state index in [0.29, 0.717) is 11.1 Å². The van der Waals surface area contributed by atoms with Gasteiger partial charge in [0.15, 0.2) is 0 Å². The first-order valence-electron chi connectivity index (χ1n) is 7.37. The van der Waals surface area contributed by atoms with Gasteiger partial charge in [0, 0.05) is 11.1 Å². The van der Waals surface area contributed by atoms with Crippen LogP contribution in [0.4, 0.5) is 0 Å². The number of halogens is 1. The Balaban J connectivity index is 2.07. The second kappa shape index (κ2) is 7.48. The maximum atomic E-state index is 6.01. The lowest BCUT2D eigenvalue weighted by molar-refractivity contribution is 0.478. The van der Waals surface area contributed by atoms with Crippen molar-refractivity contribution in [2.75, 3.05) is 6.54 Å². The summed E-state index contributed by atoms with van der Waals surface area (Å²) in [5, 5.41) is 4.16. The quantitative estimate of drug-likeness (QED) is 0.760. The fraction of sp³-hybridized carbons (Fsp3) is 0.333. The lowest BCUT2D eigenvalue weighted by Gasteiger charge is -2.14. The van der Waals surface area contributed by atoms with E-state index in [1.807, 2.05) is 37.3 Å². The van der Waals surface area contributed by atoms with Gasteiger partial charge in [-0.3, -0.25) is 0 Å². The average molecular weight is 304 g/mol. The lowest BCUT2D eigenvalue weighted by atomic mass is 10.1. The second-order valence-corrected chi connectivity index (χ2v) is 5.69. The number of nitrogens with one attached hydrogen (secondary N) is 1. The highest BCUT2D eigenvalue weighted by Gasteiger charge is 2.06. The third-order valence-electron chi connectivity index (χ3n) is 3.46. The molecule has 0 radical (unpaired) electrons.